The number of likely N-dealkylation sites (N-methyl/N-ethyl adjacent to an activating group) is 1. The third-order valence-electron chi connectivity index (χ3n) is 7.27. The van der Waals surface area contributed by atoms with Crippen LogP contribution < -0.4 is 4.74 Å². The average molecular weight is 453 g/mol. The number of aliphatic hydroxyl groups is 2. The molecule has 0 unspecified atom stereocenters. The molecule has 1 heterocycles. The van der Waals surface area contributed by atoms with E-state index in [0.29, 0.717) is 24.4 Å². The van der Waals surface area contributed by atoms with Crippen molar-refractivity contribution in [3.8, 4) is 5.75 Å². The molecule has 2 aromatic carbocycles. The van der Waals surface area contributed by atoms with Gasteiger partial charge in [0.25, 0.3) is 0 Å². The molecule has 33 heavy (non-hydrogen) atoms. The molecule has 0 radical (unpaired) electrons. The Morgan fingerprint density at radius 3 is 2.52 bits per heavy atom. The van der Waals surface area contributed by atoms with Crippen molar-refractivity contribution >= 4 is 5.91 Å². The topological polar surface area (TPSA) is 73.2 Å². The summed E-state index contributed by atoms with van der Waals surface area (Å²) in [5.74, 6) is 1.70. The first-order chi connectivity index (χ1) is 15.9. The van der Waals surface area contributed by atoms with Crippen LogP contribution >= 0.6 is 0 Å². The highest BCUT2D eigenvalue weighted by molar-refractivity contribution is 5.80. The van der Waals surface area contributed by atoms with Crippen LogP contribution in [0.15, 0.2) is 24.3 Å². The lowest BCUT2D eigenvalue weighted by atomic mass is 9.76. The van der Waals surface area contributed by atoms with E-state index >= 15 is 0 Å². The maximum absolute atomic E-state index is 12.9. The molecular weight excluding hydrogens is 416 g/mol. The normalized spacial score (nSPS) is 17.5. The summed E-state index contributed by atoms with van der Waals surface area (Å²) in [6.07, 6.45) is 3.21. The lowest BCUT2D eigenvalue weighted by molar-refractivity contribution is -0.130. The van der Waals surface area contributed by atoms with Crippen molar-refractivity contribution in [1.29, 1.82) is 0 Å². The number of aliphatic hydroxyl groups excluding tert-OH is 2. The summed E-state index contributed by atoms with van der Waals surface area (Å²) in [5.41, 5.74) is 7.61. The second kappa shape index (κ2) is 10.2. The number of fused-ring (bicyclic) bond motifs is 2. The summed E-state index contributed by atoms with van der Waals surface area (Å²) in [7, 11) is 3.90. The SMILES string of the molecule is COc1cc2c(cc1C)[C@@H](CN(C)CCCN1CCc3cc(CO)c(CO)cc3CC1=O)C2. The maximum atomic E-state index is 12.9. The predicted octanol–water partition coefficient (Wildman–Crippen LogP) is 2.58. The zero-order valence-electron chi connectivity index (χ0n) is 20.1. The average Bonchev–Trinajstić information content (AvgIpc) is 2.95. The van der Waals surface area contributed by atoms with Crippen molar-refractivity contribution < 1.29 is 19.7 Å². The molecule has 1 amide bonds. The molecule has 0 bridgehead atoms. The second-order valence-electron chi connectivity index (χ2n) is 9.55. The predicted molar refractivity (Wildman–Crippen MR) is 129 cm³/mol. The van der Waals surface area contributed by atoms with E-state index in [4.69, 9.17) is 4.74 Å². The maximum Gasteiger partial charge on any atom is 0.227 e. The van der Waals surface area contributed by atoms with E-state index in [-0.39, 0.29) is 19.1 Å². The monoisotopic (exact) mass is 452 g/mol. The molecule has 0 spiro atoms. The second-order valence-corrected chi connectivity index (χ2v) is 9.55. The van der Waals surface area contributed by atoms with Gasteiger partial charge in [0.2, 0.25) is 5.91 Å². The Balaban J connectivity index is 1.27. The molecule has 4 rings (SSSR count). The van der Waals surface area contributed by atoms with Crippen LogP contribution in [0.1, 0.15) is 51.3 Å². The fourth-order valence-electron chi connectivity index (χ4n) is 5.31. The van der Waals surface area contributed by atoms with Gasteiger partial charge in [-0.25, -0.2) is 0 Å². The highest BCUT2D eigenvalue weighted by atomic mass is 16.5. The van der Waals surface area contributed by atoms with E-state index < -0.39 is 0 Å². The van der Waals surface area contributed by atoms with Crippen LogP contribution in [0.4, 0.5) is 0 Å². The van der Waals surface area contributed by atoms with Crippen LogP contribution in [-0.2, 0) is 37.3 Å². The van der Waals surface area contributed by atoms with Crippen LogP contribution in [0.3, 0.4) is 0 Å². The molecule has 2 aromatic rings. The van der Waals surface area contributed by atoms with Crippen molar-refractivity contribution in [2.45, 2.75) is 51.7 Å². The molecular formula is C27H36N2O4. The van der Waals surface area contributed by atoms with Crippen LogP contribution in [0.2, 0.25) is 0 Å². The first kappa shape index (κ1) is 23.7. The van der Waals surface area contributed by atoms with Gasteiger partial charge >= 0.3 is 0 Å². The molecule has 6 heteroatoms. The Hall–Kier alpha value is -2.41. The van der Waals surface area contributed by atoms with Crippen LogP contribution in [0, 0.1) is 6.92 Å². The van der Waals surface area contributed by atoms with Crippen molar-refractivity contribution in [3.63, 3.8) is 0 Å². The van der Waals surface area contributed by atoms with E-state index in [9.17, 15) is 15.0 Å². The van der Waals surface area contributed by atoms with E-state index in [1.807, 2.05) is 17.0 Å². The number of carbonyl (C=O) groups excluding carboxylic acids is 1. The third kappa shape index (κ3) is 5.08. The highest BCUT2D eigenvalue weighted by Crippen LogP contribution is 2.39. The number of ether oxygens (including phenoxy) is 1. The van der Waals surface area contributed by atoms with Gasteiger partial charge in [-0.1, -0.05) is 18.2 Å². The van der Waals surface area contributed by atoms with E-state index in [1.54, 1.807) is 7.11 Å². The van der Waals surface area contributed by atoms with Crippen LogP contribution in [-0.4, -0.2) is 66.3 Å². The van der Waals surface area contributed by atoms with Gasteiger partial charge in [-0.05, 0) is 84.8 Å². The van der Waals surface area contributed by atoms with Crippen molar-refractivity contribution in [2.75, 3.05) is 40.3 Å². The number of benzene rings is 2. The van der Waals surface area contributed by atoms with Gasteiger partial charge in [0.05, 0.1) is 26.7 Å². The van der Waals surface area contributed by atoms with Gasteiger partial charge < -0.3 is 24.7 Å². The summed E-state index contributed by atoms with van der Waals surface area (Å²) in [6, 6.07) is 8.30. The molecule has 6 nitrogen and oxygen atoms in total. The number of rotatable bonds is 9. The summed E-state index contributed by atoms with van der Waals surface area (Å²) in [4.78, 5) is 17.2. The standard InChI is InChI=1S/C27H36N2O4/c1-18-9-25-21(13-26(18)33-3)12-22(25)15-28(2)6-4-7-29-8-5-19-10-23(16-30)24(17-31)11-20(19)14-27(29)32/h9-11,13,22,30-31H,4-8,12,14-17H2,1-3H3/t22-/m1/s1. The van der Waals surface area contributed by atoms with Crippen LogP contribution in [0.5, 0.6) is 5.75 Å². The zero-order valence-corrected chi connectivity index (χ0v) is 20.1. The molecule has 1 atom stereocenters. The van der Waals surface area contributed by atoms with Gasteiger partial charge in [-0.2, -0.15) is 0 Å². The van der Waals surface area contributed by atoms with E-state index in [1.165, 1.54) is 16.7 Å². The molecule has 2 N–H and O–H groups in total. The summed E-state index contributed by atoms with van der Waals surface area (Å²) in [5, 5.41) is 19.1. The molecule has 1 aliphatic heterocycles. The first-order valence-electron chi connectivity index (χ1n) is 11.9. The molecule has 0 fully saturated rings. The fourth-order valence-corrected chi connectivity index (χ4v) is 5.31. The Morgan fingerprint density at radius 1 is 1.09 bits per heavy atom. The van der Waals surface area contributed by atoms with Gasteiger partial charge in [-0.3, -0.25) is 4.79 Å². The van der Waals surface area contributed by atoms with Crippen molar-refractivity contribution in [1.82, 2.24) is 9.80 Å². The number of hydrogen-bond acceptors (Lipinski definition) is 5. The minimum Gasteiger partial charge on any atom is -0.496 e. The smallest absolute Gasteiger partial charge is 0.227 e. The molecule has 0 aromatic heterocycles. The third-order valence-corrected chi connectivity index (χ3v) is 7.27. The lowest BCUT2D eigenvalue weighted by Crippen LogP contribution is -2.36. The summed E-state index contributed by atoms with van der Waals surface area (Å²) in [6.45, 7) is 5.35. The summed E-state index contributed by atoms with van der Waals surface area (Å²) >= 11 is 0. The quantitative estimate of drug-likeness (QED) is 0.612. The Labute approximate surface area is 196 Å². The fraction of sp³-hybridized carbons (Fsp3) is 0.519. The van der Waals surface area contributed by atoms with Gasteiger partial charge in [0.1, 0.15) is 5.75 Å². The molecule has 178 valence electrons. The van der Waals surface area contributed by atoms with Crippen LogP contribution in [0.25, 0.3) is 0 Å². The Bertz CT molecular complexity index is 1020. The Kier molecular flexibility index (Phi) is 7.37. The largest absolute Gasteiger partial charge is 0.496 e. The number of hydrogen-bond donors (Lipinski definition) is 2. The molecule has 1 aliphatic carbocycles. The molecule has 2 aliphatic rings. The van der Waals surface area contributed by atoms with E-state index in [0.717, 1.165) is 61.3 Å². The molecule has 0 saturated heterocycles. The number of amides is 1. The van der Waals surface area contributed by atoms with Crippen molar-refractivity contribution in [2.24, 2.45) is 0 Å². The van der Waals surface area contributed by atoms with E-state index in [2.05, 4.69) is 31.0 Å². The van der Waals surface area contributed by atoms with Gasteiger partial charge in [0, 0.05) is 25.6 Å². The number of aryl methyl sites for hydroxylation is 1. The minimum absolute atomic E-state index is 0.0915. The lowest BCUT2D eigenvalue weighted by Gasteiger charge is -2.34. The Morgan fingerprint density at radius 2 is 1.82 bits per heavy atom. The number of carbonyl (C=O) groups is 1. The molecule has 0 saturated carbocycles. The highest BCUT2D eigenvalue weighted by Gasteiger charge is 2.28. The number of nitrogens with zero attached hydrogens (tertiary/aromatic N) is 2. The van der Waals surface area contributed by atoms with Gasteiger partial charge in [0.15, 0.2) is 0 Å². The first-order valence-corrected chi connectivity index (χ1v) is 11.9. The minimum atomic E-state index is -0.119. The zero-order chi connectivity index (χ0) is 23.5. The van der Waals surface area contributed by atoms with Gasteiger partial charge in [-0.15, -0.1) is 0 Å². The number of methoxy groups -OCH3 is 1. The van der Waals surface area contributed by atoms with Crippen molar-refractivity contribution in [3.05, 3.63) is 63.2 Å². The summed E-state index contributed by atoms with van der Waals surface area (Å²) < 4.78 is 5.44.